The van der Waals surface area contributed by atoms with Gasteiger partial charge in [0.2, 0.25) is 0 Å². The summed E-state index contributed by atoms with van der Waals surface area (Å²) in [5.41, 5.74) is 2.55. The third-order valence-electron chi connectivity index (χ3n) is 3.58. The summed E-state index contributed by atoms with van der Waals surface area (Å²) in [7, 11) is 0. The minimum atomic E-state index is -0.622. The number of hydrogen-bond donors (Lipinski definition) is 1. The van der Waals surface area contributed by atoms with Crippen LogP contribution in [-0.4, -0.2) is 12.0 Å². The molecule has 22 heavy (non-hydrogen) atoms. The van der Waals surface area contributed by atoms with Crippen molar-refractivity contribution < 1.29 is 13.9 Å². The van der Waals surface area contributed by atoms with E-state index in [1.165, 1.54) is 12.1 Å². The van der Waals surface area contributed by atoms with E-state index in [9.17, 15) is 9.18 Å². The summed E-state index contributed by atoms with van der Waals surface area (Å²) >= 11 is 0. The van der Waals surface area contributed by atoms with Crippen LogP contribution in [0.15, 0.2) is 42.5 Å². The van der Waals surface area contributed by atoms with Gasteiger partial charge in [0.25, 0.3) is 5.91 Å². The Morgan fingerprint density at radius 1 is 1.23 bits per heavy atom. The predicted octanol–water partition coefficient (Wildman–Crippen LogP) is 4.24. The van der Waals surface area contributed by atoms with Crippen LogP contribution >= 0.6 is 0 Å². The van der Waals surface area contributed by atoms with Gasteiger partial charge in [-0.3, -0.25) is 4.79 Å². The molecule has 0 radical (unpaired) electrons. The van der Waals surface area contributed by atoms with E-state index >= 15 is 0 Å². The molecule has 1 atom stereocenters. The van der Waals surface area contributed by atoms with Crippen LogP contribution in [0.25, 0.3) is 0 Å². The second-order valence-corrected chi connectivity index (χ2v) is 5.21. The first-order valence-electron chi connectivity index (χ1n) is 7.30. The lowest BCUT2D eigenvalue weighted by atomic mass is 10.1. The first-order valence-corrected chi connectivity index (χ1v) is 7.30. The number of nitrogens with one attached hydrogen (secondary N) is 1. The van der Waals surface area contributed by atoms with Crippen LogP contribution in [0.5, 0.6) is 5.75 Å². The quantitative estimate of drug-likeness (QED) is 0.897. The Morgan fingerprint density at radius 3 is 2.64 bits per heavy atom. The van der Waals surface area contributed by atoms with Gasteiger partial charge in [0.05, 0.1) is 0 Å². The molecule has 116 valence electrons. The van der Waals surface area contributed by atoms with Crippen LogP contribution in [0, 0.1) is 19.7 Å². The van der Waals surface area contributed by atoms with Gasteiger partial charge in [-0.05, 0) is 55.7 Å². The normalized spacial score (nSPS) is 11.8. The molecule has 0 heterocycles. The zero-order chi connectivity index (χ0) is 16.1. The number of amides is 1. The summed E-state index contributed by atoms with van der Waals surface area (Å²) in [5.74, 6) is 0.0246. The number of ether oxygens (including phenoxy) is 1. The molecule has 0 fully saturated rings. The van der Waals surface area contributed by atoms with Gasteiger partial charge in [-0.2, -0.15) is 0 Å². The van der Waals surface area contributed by atoms with Crippen LogP contribution in [-0.2, 0) is 4.79 Å². The van der Waals surface area contributed by atoms with Gasteiger partial charge in [0.1, 0.15) is 11.6 Å². The highest BCUT2D eigenvalue weighted by atomic mass is 19.1. The number of carbonyl (C=O) groups is 1. The van der Waals surface area contributed by atoms with Crippen LogP contribution in [0.1, 0.15) is 24.5 Å². The number of rotatable bonds is 5. The highest BCUT2D eigenvalue weighted by Crippen LogP contribution is 2.23. The van der Waals surface area contributed by atoms with Crippen LogP contribution in [0.3, 0.4) is 0 Å². The zero-order valence-corrected chi connectivity index (χ0v) is 13.0. The molecule has 0 saturated carbocycles. The Labute approximate surface area is 130 Å². The third kappa shape index (κ3) is 3.85. The number of halogens is 1. The first-order chi connectivity index (χ1) is 10.5. The van der Waals surface area contributed by atoms with Gasteiger partial charge >= 0.3 is 0 Å². The SMILES string of the molecule is CC[C@@H](Oc1cccc(C)c1C)C(=O)Nc1cccc(F)c1. The maximum atomic E-state index is 13.2. The van der Waals surface area contributed by atoms with Crippen molar-refractivity contribution in [1.82, 2.24) is 0 Å². The van der Waals surface area contributed by atoms with E-state index in [4.69, 9.17) is 4.74 Å². The van der Waals surface area contributed by atoms with Crippen LogP contribution in [0.2, 0.25) is 0 Å². The minimum absolute atomic E-state index is 0.283. The molecule has 0 aliphatic heterocycles. The molecule has 2 aromatic carbocycles. The highest BCUT2D eigenvalue weighted by molar-refractivity contribution is 5.94. The van der Waals surface area contributed by atoms with Crippen molar-refractivity contribution in [2.75, 3.05) is 5.32 Å². The summed E-state index contributed by atoms with van der Waals surface area (Å²) in [6.45, 7) is 5.83. The van der Waals surface area contributed by atoms with Crippen molar-refractivity contribution in [3.05, 3.63) is 59.4 Å². The Morgan fingerprint density at radius 2 is 1.95 bits per heavy atom. The topological polar surface area (TPSA) is 38.3 Å². The average Bonchev–Trinajstić information content (AvgIpc) is 2.48. The highest BCUT2D eigenvalue weighted by Gasteiger charge is 2.19. The van der Waals surface area contributed by atoms with Crippen molar-refractivity contribution in [3.63, 3.8) is 0 Å². The monoisotopic (exact) mass is 301 g/mol. The zero-order valence-electron chi connectivity index (χ0n) is 13.0. The Hall–Kier alpha value is -2.36. The van der Waals surface area contributed by atoms with E-state index in [0.717, 1.165) is 11.1 Å². The number of aryl methyl sites for hydroxylation is 1. The van der Waals surface area contributed by atoms with Gasteiger partial charge in [-0.15, -0.1) is 0 Å². The molecule has 0 saturated heterocycles. The summed E-state index contributed by atoms with van der Waals surface area (Å²) in [4.78, 5) is 12.3. The number of hydrogen-bond acceptors (Lipinski definition) is 2. The Balaban J connectivity index is 2.10. The molecule has 4 heteroatoms. The molecule has 2 rings (SSSR count). The maximum absolute atomic E-state index is 13.2. The second-order valence-electron chi connectivity index (χ2n) is 5.21. The summed E-state index contributed by atoms with van der Waals surface area (Å²) in [5, 5.41) is 2.68. The lowest BCUT2D eigenvalue weighted by Gasteiger charge is -2.19. The standard InChI is InChI=1S/C18H20FNO2/c1-4-16(22-17-10-5-7-12(2)13(17)3)18(21)20-15-9-6-8-14(19)11-15/h5-11,16H,4H2,1-3H3,(H,20,21)/t16-/m1/s1. The molecule has 0 aliphatic rings. The van der Waals surface area contributed by atoms with E-state index in [0.29, 0.717) is 17.9 Å². The lowest BCUT2D eigenvalue weighted by molar-refractivity contribution is -0.122. The fourth-order valence-electron chi connectivity index (χ4n) is 2.12. The van der Waals surface area contributed by atoms with E-state index in [1.54, 1.807) is 12.1 Å². The van der Waals surface area contributed by atoms with Crippen molar-refractivity contribution in [2.24, 2.45) is 0 Å². The van der Waals surface area contributed by atoms with Gasteiger partial charge in [0, 0.05) is 5.69 Å². The molecular weight excluding hydrogens is 281 g/mol. The summed E-state index contributed by atoms with van der Waals surface area (Å²) in [6, 6.07) is 11.6. The van der Waals surface area contributed by atoms with Gasteiger partial charge in [0.15, 0.2) is 6.10 Å². The van der Waals surface area contributed by atoms with Crippen LogP contribution in [0.4, 0.5) is 10.1 Å². The molecule has 3 nitrogen and oxygen atoms in total. The summed E-state index contributed by atoms with van der Waals surface area (Å²) in [6.07, 6.45) is -0.0992. The van der Waals surface area contributed by atoms with E-state index < -0.39 is 6.10 Å². The van der Waals surface area contributed by atoms with Crippen LogP contribution < -0.4 is 10.1 Å². The van der Waals surface area contributed by atoms with E-state index in [1.807, 2.05) is 39.0 Å². The van der Waals surface area contributed by atoms with E-state index in [2.05, 4.69) is 5.32 Å². The van der Waals surface area contributed by atoms with Crippen molar-refractivity contribution in [2.45, 2.75) is 33.3 Å². The third-order valence-corrected chi connectivity index (χ3v) is 3.58. The fraction of sp³-hybridized carbons (Fsp3) is 0.278. The van der Waals surface area contributed by atoms with Gasteiger partial charge < -0.3 is 10.1 Å². The molecular formula is C18H20FNO2. The molecule has 0 bridgehead atoms. The average molecular weight is 301 g/mol. The first kappa shape index (κ1) is 16.0. The molecule has 0 aromatic heterocycles. The molecule has 2 aromatic rings. The lowest BCUT2D eigenvalue weighted by Crippen LogP contribution is -2.32. The van der Waals surface area contributed by atoms with Gasteiger partial charge in [-0.1, -0.05) is 25.1 Å². The van der Waals surface area contributed by atoms with E-state index in [-0.39, 0.29) is 11.7 Å². The molecule has 0 unspecified atom stereocenters. The Kier molecular flexibility index (Phi) is 5.15. The maximum Gasteiger partial charge on any atom is 0.265 e. The smallest absolute Gasteiger partial charge is 0.265 e. The predicted molar refractivity (Wildman–Crippen MR) is 85.7 cm³/mol. The summed E-state index contributed by atoms with van der Waals surface area (Å²) < 4.78 is 19.0. The van der Waals surface area contributed by atoms with Crippen molar-refractivity contribution in [1.29, 1.82) is 0 Å². The molecule has 0 spiro atoms. The number of carbonyl (C=O) groups excluding carboxylic acids is 1. The number of benzene rings is 2. The minimum Gasteiger partial charge on any atom is -0.480 e. The molecule has 1 amide bonds. The molecule has 0 aliphatic carbocycles. The largest absolute Gasteiger partial charge is 0.480 e. The second kappa shape index (κ2) is 7.07. The van der Waals surface area contributed by atoms with Crippen molar-refractivity contribution in [3.8, 4) is 5.75 Å². The molecule has 1 N–H and O–H groups in total. The number of anilines is 1. The van der Waals surface area contributed by atoms with Crippen molar-refractivity contribution >= 4 is 11.6 Å². The Bertz CT molecular complexity index is 670. The fourth-order valence-corrected chi connectivity index (χ4v) is 2.12. The van der Waals surface area contributed by atoms with Gasteiger partial charge in [-0.25, -0.2) is 4.39 Å².